The molecule has 5 nitrogen and oxygen atoms in total. The predicted octanol–water partition coefficient (Wildman–Crippen LogP) is 3.44. The third-order valence-corrected chi connectivity index (χ3v) is 5.29. The first kappa shape index (κ1) is 16.4. The van der Waals surface area contributed by atoms with Crippen LogP contribution in [0, 0.1) is 13.8 Å². The fraction of sp³-hybridized carbons (Fsp3) is 0.167. The molecule has 0 radical (unpaired) electrons. The van der Waals surface area contributed by atoms with E-state index in [-0.39, 0.29) is 11.4 Å². The van der Waals surface area contributed by atoms with Crippen LogP contribution in [0.5, 0.6) is 0 Å². The average molecular weight is 342 g/mol. The van der Waals surface area contributed by atoms with E-state index in [2.05, 4.69) is 9.71 Å². The maximum atomic E-state index is 12.5. The van der Waals surface area contributed by atoms with Crippen LogP contribution in [0.2, 0.25) is 0 Å². The van der Waals surface area contributed by atoms with Gasteiger partial charge in [0.25, 0.3) is 0 Å². The Kier molecular flexibility index (Phi) is 4.51. The van der Waals surface area contributed by atoms with Crippen LogP contribution in [0.25, 0.3) is 11.5 Å². The lowest BCUT2D eigenvalue weighted by Gasteiger charge is -2.10. The highest BCUT2D eigenvalue weighted by Gasteiger charge is 2.16. The summed E-state index contributed by atoms with van der Waals surface area (Å²) in [4.78, 5) is 4.55. The van der Waals surface area contributed by atoms with E-state index in [1.807, 2.05) is 26.0 Å². The van der Waals surface area contributed by atoms with Crippen molar-refractivity contribution in [1.29, 1.82) is 0 Å². The zero-order valence-electron chi connectivity index (χ0n) is 13.5. The molecule has 0 amide bonds. The summed E-state index contributed by atoms with van der Waals surface area (Å²) in [5, 5.41) is 0. The van der Waals surface area contributed by atoms with Crippen molar-refractivity contribution in [2.24, 2.45) is 0 Å². The maximum absolute atomic E-state index is 12.5. The van der Waals surface area contributed by atoms with Gasteiger partial charge in [0.05, 0.1) is 11.2 Å². The molecule has 0 unspecified atom stereocenters. The molecule has 124 valence electrons. The van der Waals surface area contributed by atoms with Crippen molar-refractivity contribution < 1.29 is 12.8 Å². The van der Waals surface area contributed by atoms with Crippen LogP contribution in [0.15, 0.2) is 64.2 Å². The van der Waals surface area contributed by atoms with E-state index < -0.39 is 10.0 Å². The Morgan fingerprint density at radius 3 is 2.62 bits per heavy atom. The molecular weight excluding hydrogens is 324 g/mol. The average Bonchev–Trinajstić information content (AvgIpc) is 3.10. The zero-order valence-corrected chi connectivity index (χ0v) is 14.3. The van der Waals surface area contributed by atoms with Crippen molar-refractivity contribution in [2.45, 2.75) is 25.3 Å². The molecule has 0 aliphatic rings. The number of nitrogens with zero attached hydrogens (tertiary/aromatic N) is 1. The molecule has 0 spiro atoms. The summed E-state index contributed by atoms with van der Waals surface area (Å²) in [6.07, 6.45) is 3.21. The molecule has 0 saturated carbocycles. The Balaban J connectivity index is 1.84. The van der Waals surface area contributed by atoms with E-state index in [9.17, 15) is 8.42 Å². The summed E-state index contributed by atoms with van der Waals surface area (Å²) in [6.45, 7) is 3.98. The zero-order chi connectivity index (χ0) is 17.2. The van der Waals surface area contributed by atoms with Crippen molar-refractivity contribution in [3.05, 3.63) is 71.6 Å². The Hall–Kier alpha value is -2.44. The fourth-order valence-electron chi connectivity index (χ4n) is 2.35. The Morgan fingerprint density at radius 1 is 1.08 bits per heavy atom. The number of sulfonamides is 1. The van der Waals surface area contributed by atoms with E-state index >= 15 is 0 Å². The molecule has 0 fully saturated rings. The summed E-state index contributed by atoms with van der Waals surface area (Å²) >= 11 is 0. The highest BCUT2D eigenvalue weighted by atomic mass is 32.2. The first-order valence-electron chi connectivity index (χ1n) is 7.52. The smallest absolute Gasteiger partial charge is 0.240 e. The third-order valence-electron chi connectivity index (χ3n) is 3.89. The number of hydrogen-bond donors (Lipinski definition) is 1. The highest BCUT2D eigenvalue weighted by Crippen LogP contribution is 2.22. The molecule has 0 atom stereocenters. The second-order valence-electron chi connectivity index (χ2n) is 5.56. The van der Waals surface area contributed by atoms with Gasteiger partial charge in [-0.1, -0.05) is 12.1 Å². The molecule has 2 heterocycles. The second-order valence-corrected chi connectivity index (χ2v) is 7.33. The second kappa shape index (κ2) is 6.59. The molecule has 24 heavy (non-hydrogen) atoms. The minimum absolute atomic E-state index is 0.138. The van der Waals surface area contributed by atoms with Gasteiger partial charge in [0, 0.05) is 12.7 Å². The number of rotatable bonds is 5. The van der Waals surface area contributed by atoms with Gasteiger partial charge in [0.15, 0.2) is 5.76 Å². The van der Waals surface area contributed by atoms with E-state index in [0.717, 1.165) is 16.7 Å². The van der Waals surface area contributed by atoms with Crippen LogP contribution < -0.4 is 4.72 Å². The molecule has 1 N–H and O–H groups in total. The minimum atomic E-state index is -3.59. The molecular formula is C18H18N2O3S. The van der Waals surface area contributed by atoms with Gasteiger partial charge in [-0.25, -0.2) is 13.1 Å². The molecule has 3 rings (SSSR count). The third kappa shape index (κ3) is 3.39. The summed E-state index contributed by atoms with van der Waals surface area (Å²) in [5.41, 5.74) is 3.38. The SMILES string of the molecule is Cc1ccc(S(=O)(=O)NCc2cccnc2-c2ccco2)cc1C. The number of hydrogen-bond acceptors (Lipinski definition) is 4. The van der Waals surface area contributed by atoms with Crippen LogP contribution in [-0.2, 0) is 16.6 Å². The lowest BCUT2D eigenvalue weighted by atomic mass is 10.1. The lowest BCUT2D eigenvalue weighted by Crippen LogP contribution is -2.23. The first-order valence-corrected chi connectivity index (χ1v) is 9.00. The predicted molar refractivity (Wildman–Crippen MR) is 91.9 cm³/mol. The number of benzene rings is 1. The molecule has 0 aliphatic carbocycles. The minimum Gasteiger partial charge on any atom is -0.463 e. The molecule has 3 aromatic rings. The molecule has 2 aromatic heterocycles. The van der Waals surface area contributed by atoms with Crippen LogP contribution in [-0.4, -0.2) is 13.4 Å². The number of nitrogens with one attached hydrogen (secondary N) is 1. The van der Waals surface area contributed by atoms with E-state index in [0.29, 0.717) is 11.5 Å². The summed E-state index contributed by atoms with van der Waals surface area (Å²) in [6, 6.07) is 12.3. The number of aryl methyl sites for hydroxylation is 2. The fourth-order valence-corrected chi connectivity index (χ4v) is 3.44. The number of aromatic nitrogens is 1. The lowest BCUT2D eigenvalue weighted by molar-refractivity contribution is 0.575. The molecule has 6 heteroatoms. The standard InChI is InChI=1S/C18H18N2O3S/c1-13-7-8-16(11-14(13)2)24(21,22)20-12-15-5-3-9-19-18(15)17-6-4-10-23-17/h3-11,20H,12H2,1-2H3. The Bertz CT molecular complexity index is 948. The van der Waals surface area contributed by atoms with Crippen molar-refractivity contribution in [3.63, 3.8) is 0 Å². The van der Waals surface area contributed by atoms with E-state index in [4.69, 9.17) is 4.42 Å². The van der Waals surface area contributed by atoms with Crippen LogP contribution in [0.1, 0.15) is 16.7 Å². The van der Waals surface area contributed by atoms with Crippen molar-refractivity contribution in [3.8, 4) is 11.5 Å². The largest absolute Gasteiger partial charge is 0.463 e. The quantitative estimate of drug-likeness (QED) is 0.771. The van der Waals surface area contributed by atoms with Crippen molar-refractivity contribution in [2.75, 3.05) is 0 Å². The Labute approximate surface area is 141 Å². The first-order chi connectivity index (χ1) is 11.5. The Morgan fingerprint density at radius 2 is 1.92 bits per heavy atom. The van der Waals surface area contributed by atoms with Gasteiger partial charge in [-0.15, -0.1) is 0 Å². The normalized spacial score (nSPS) is 11.6. The van der Waals surface area contributed by atoms with E-state index in [1.54, 1.807) is 42.8 Å². The van der Waals surface area contributed by atoms with Crippen molar-refractivity contribution >= 4 is 10.0 Å². The summed E-state index contributed by atoms with van der Waals surface area (Å²) < 4.78 is 33.0. The van der Waals surface area contributed by atoms with Crippen LogP contribution in [0.3, 0.4) is 0 Å². The molecule has 0 bridgehead atoms. The highest BCUT2D eigenvalue weighted by molar-refractivity contribution is 7.89. The van der Waals surface area contributed by atoms with Crippen LogP contribution in [0.4, 0.5) is 0 Å². The van der Waals surface area contributed by atoms with Gasteiger partial charge in [0.1, 0.15) is 5.69 Å². The van der Waals surface area contributed by atoms with Gasteiger partial charge in [-0.3, -0.25) is 4.98 Å². The monoisotopic (exact) mass is 342 g/mol. The van der Waals surface area contributed by atoms with Crippen LogP contribution >= 0.6 is 0 Å². The number of pyridine rings is 1. The molecule has 1 aromatic carbocycles. The summed E-state index contributed by atoms with van der Waals surface area (Å²) in [7, 11) is -3.59. The summed E-state index contributed by atoms with van der Waals surface area (Å²) in [5.74, 6) is 0.607. The van der Waals surface area contributed by atoms with Gasteiger partial charge in [-0.2, -0.15) is 0 Å². The van der Waals surface area contributed by atoms with Gasteiger partial charge < -0.3 is 4.42 Å². The molecule has 0 saturated heterocycles. The van der Waals surface area contributed by atoms with Gasteiger partial charge >= 0.3 is 0 Å². The van der Waals surface area contributed by atoms with Gasteiger partial charge in [-0.05, 0) is 60.9 Å². The van der Waals surface area contributed by atoms with Gasteiger partial charge in [0.2, 0.25) is 10.0 Å². The topological polar surface area (TPSA) is 72.2 Å². The molecule has 0 aliphatic heterocycles. The maximum Gasteiger partial charge on any atom is 0.240 e. The van der Waals surface area contributed by atoms with Crippen molar-refractivity contribution in [1.82, 2.24) is 9.71 Å². The number of furan rings is 1. The van der Waals surface area contributed by atoms with E-state index in [1.165, 1.54) is 0 Å².